The quantitative estimate of drug-likeness (QED) is 0.310. The van der Waals surface area contributed by atoms with Gasteiger partial charge in [0.25, 0.3) is 0 Å². The van der Waals surface area contributed by atoms with Gasteiger partial charge in [0.05, 0.1) is 12.2 Å². The molecular weight excluding hydrogens is 390 g/mol. The molecule has 0 spiro atoms. The van der Waals surface area contributed by atoms with E-state index in [4.69, 9.17) is 4.74 Å². The highest BCUT2D eigenvalue weighted by atomic mass is 19.2. The van der Waals surface area contributed by atoms with Crippen LogP contribution in [0.1, 0.15) is 87.8 Å². The first-order chi connectivity index (χ1) is 15.1. The number of benzene rings is 2. The van der Waals surface area contributed by atoms with Crippen LogP contribution in [0.2, 0.25) is 0 Å². The molecule has 0 saturated heterocycles. The molecule has 166 valence electrons. The van der Waals surface area contributed by atoms with Gasteiger partial charge in [-0.25, -0.2) is 4.39 Å². The summed E-state index contributed by atoms with van der Waals surface area (Å²) in [6, 6.07) is 12.1. The summed E-state index contributed by atoms with van der Waals surface area (Å²) in [5, 5.41) is 0. The molecule has 0 amide bonds. The first-order valence-corrected chi connectivity index (χ1v) is 11.8. The first-order valence-electron chi connectivity index (χ1n) is 11.8. The molecule has 1 aliphatic carbocycles. The minimum atomic E-state index is -0.943. The van der Waals surface area contributed by atoms with Gasteiger partial charge in [0.15, 0.2) is 11.6 Å². The molecule has 3 rings (SSSR count). The summed E-state index contributed by atoms with van der Waals surface area (Å²) >= 11 is 0. The van der Waals surface area contributed by atoms with Crippen molar-refractivity contribution in [3.8, 4) is 17.6 Å². The Morgan fingerprint density at radius 2 is 1.61 bits per heavy atom. The molecule has 2 aromatic rings. The van der Waals surface area contributed by atoms with Crippen LogP contribution in [0.15, 0.2) is 36.4 Å². The fraction of sp³-hybridized carbons (Fsp3) is 0.500. The van der Waals surface area contributed by atoms with Crippen molar-refractivity contribution in [2.75, 3.05) is 6.61 Å². The van der Waals surface area contributed by atoms with E-state index >= 15 is 0 Å². The van der Waals surface area contributed by atoms with Crippen molar-refractivity contribution in [1.29, 1.82) is 0 Å². The monoisotopic (exact) mass is 424 g/mol. The SMILES string of the molecule is CCCCCc1ccc([C@H]2CC[C@H](C#Cc3ccc(OCCC)c(F)c3F)CC2)cc1. The lowest BCUT2D eigenvalue weighted by Gasteiger charge is -2.26. The Morgan fingerprint density at radius 3 is 2.29 bits per heavy atom. The smallest absolute Gasteiger partial charge is 0.201 e. The molecule has 3 heteroatoms. The minimum Gasteiger partial charge on any atom is -0.490 e. The van der Waals surface area contributed by atoms with Gasteiger partial charge < -0.3 is 4.74 Å². The zero-order chi connectivity index (χ0) is 22.1. The molecule has 2 aromatic carbocycles. The van der Waals surface area contributed by atoms with Gasteiger partial charge in [-0.3, -0.25) is 0 Å². The van der Waals surface area contributed by atoms with Gasteiger partial charge in [0.2, 0.25) is 5.82 Å². The zero-order valence-electron chi connectivity index (χ0n) is 18.9. The maximum atomic E-state index is 14.3. The van der Waals surface area contributed by atoms with Crippen molar-refractivity contribution >= 4 is 0 Å². The van der Waals surface area contributed by atoms with Crippen LogP contribution < -0.4 is 4.74 Å². The molecule has 0 bridgehead atoms. The Hall–Kier alpha value is -2.34. The van der Waals surface area contributed by atoms with Gasteiger partial charge in [-0.15, -0.1) is 0 Å². The third kappa shape index (κ3) is 6.57. The Labute approximate surface area is 186 Å². The van der Waals surface area contributed by atoms with Crippen LogP contribution >= 0.6 is 0 Å². The number of hydrogen-bond acceptors (Lipinski definition) is 1. The highest BCUT2D eigenvalue weighted by Gasteiger charge is 2.21. The molecule has 0 atom stereocenters. The standard InChI is InChI=1S/C28H34F2O/c1-3-5-6-7-21-8-13-23(14-9-21)24-15-10-22(11-16-24)12-17-25-18-19-26(31-20-4-2)28(30)27(25)29/h8-9,13-14,18-19,22,24H,3-7,10-11,15-16,20H2,1-2H3/t22-,24-. The van der Waals surface area contributed by atoms with Crippen LogP contribution in [0.25, 0.3) is 0 Å². The summed E-state index contributed by atoms with van der Waals surface area (Å²) in [6.07, 6.45) is 9.90. The summed E-state index contributed by atoms with van der Waals surface area (Å²) in [5.41, 5.74) is 2.96. The number of hydrogen-bond donors (Lipinski definition) is 0. The van der Waals surface area contributed by atoms with Crippen LogP contribution in [0.3, 0.4) is 0 Å². The molecule has 0 heterocycles. The van der Waals surface area contributed by atoms with Crippen molar-refractivity contribution in [3.05, 3.63) is 64.7 Å². The molecule has 1 saturated carbocycles. The van der Waals surface area contributed by atoms with Crippen LogP contribution in [-0.4, -0.2) is 6.61 Å². The molecule has 0 N–H and O–H groups in total. The average Bonchev–Trinajstić information content (AvgIpc) is 2.80. The van der Waals surface area contributed by atoms with Crippen molar-refractivity contribution < 1.29 is 13.5 Å². The third-order valence-corrected chi connectivity index (χ3v) is 6.17. The topological polar surface area (TPSA) is 9.23 Å². The van der Waals surface area contributed by atoms with Gasteiger partial charge in [-0.05, 0) is 74.1 Å². The second kappa shape index (κ2) is 11.9. The Balaban J connectivity index is 1.54. The third-order valence-electron chi connectivity index (χ3n) is 6.17. The fourth-order valence-electron chi connectivity index (χ4n) is 4.24. The van der Waals surface area contributed by atoms with E-state index in [0.717, 1.165) is 32.1 Å². The van der Waals surface area contributed by atoms with Crippen molar-refractivity contribution in [2.45, 2.75) is 77.6 Å². The lowest BCUT2D eigenvalue weighted by molar-refractivity contribution is 0.295. The van der Waals surface area contributed by atoms with Gasteiger partial charge in [-0.1, -0.05) is 62.8 Å². The summed E-state index contributed by atoms with van der Waals surface area (Å²) in [7, 11) is 0. The first kappa shape index (κ1) is 23.3. The highest BCUT2D eigenvalue weighted by molar-refractivity contribution is 5.41. The molecule has 0 aromatic heterocycles. The molecule has 1 aliphatic rings. The molecule has 0 unspecified atom stereocenters. The van der Waals surface area contributed by atoms with Gasteiger partial charge in [0.1, 0.15) is 0 Å². The average molecular weight is 425 g/mol. The molecule has 0 radical (unpaired) electrons. The van der Waals surface area contributed by atoms with Gasteiger partial charge in [-0.2, -0.15) is 4.39 Å². The molecule has 1 nitrogen and oxygen atoms in total. The summed E-state index contributed by atoms with van der Waals surface area (Å²) in [6.45, 7) is 4.52. The maximum absolute atomic E-state index is 14.3. The largest absolute Gasteiger partial charge is 0.490 e. The second-order valence-corrected chi connectivity index (χ2v) is 8.60. The predicted molar refractivity (Wildman–Crippen MR) is 123 cm³/mol. The van der Waals surface area contributed by atoms with Crippen molar-refractivity contribution in [2.24, 2.45) is 5.92 Å². The molecular formula is C28H34F2O. The molecule has 0 aliphatic heterocycles. The van der Waals surface area contributed by atoms with Crippen molar-refractivity contribution in [3.63, 3.8) is 0 Å². The van der Waals surface area contributed by atoms with Crippen LogP contribution in [-0.2, 0) is 6.42 Å². The van der Waals surface area contributed by atoms with E-state index in [-0.39, 0.29) is 17.2 Å². The Morgan fingerprint density at radius 1 is 0.871 bits per heavy atom. The van der Waals surface area contributed by atoms with E-state index in [1.54, 1.807) is 0 Å². The number of ether oxygens (including phenoxy) is 1. The Kier molecular flexibility index (Phi) is 8.95. The van der Waals surface area contributed by atoms with Crippen LogP contribution in [0.5, 0.6) is 5.75 Å². The molecule has 31 heavy (non-hydrogen) atoms. The fourth-order valence-corrected chi connectivity index (χ4v) is 4.24. The van der Waals surface area contributed by atoms with Crippen molar-refractivity contribution in [1.82, 2.24) is 0 Å². The number of halogens is 2. The lowest BCUT2D eigenvalue weighted by Crippen LogP contribution is -2.12. The normalized spacial score (nSPS) is 18.3. The molecule has 1 fully saturated rings. The zero-order valence-corrected chi connectivity index (χ0v) is 18.9. The lowest BCUT2D eigenvalue weighted by atomic mass is 9.78. The van der Waals surface area contributed by atoms with E-state index in [0.29, 0.717) is 12.5 Å². The van der Waals surface area contributed by atoms with Gasteiger partial charge >= 0.3 is 0 Å². The van der Waals surface area contributed by atoms with E-state index < -0.39 is 11.6 Å². The number of aryl methyl sites for hydroxylation is 1. The van der Waals surface area contributed by atoms with E-state index in [1.807, 2.05) is 6.92 Å². The maximum Gasteiger partial charge on any atom is 0.201 e. The predicted octanol–water partition coefficient (Wildman–Crippen LogP) is 7.81. The highest BCUT2D eigenvalue weighted by Crippen LogP contribution is 2.35. The number of rotatable bonds is 8. The summed E-state index contributed by atoms with van der Waals surface area (Å²) < 4.78 is 33.7. The minimum absolute atomic E-state index is 0.0400. The van der Waals surface area contributed by atoms with Crippen LogP contribution in [0, 0.1) is 29.4 Å². The van der Waals surface area contributed by atoms with E-state index in [1.165, 1.54) is 48.9 Å². The summed E-state index contributed by atoms with van der Waals surface area (Å²) in [4.78, 5) is 0. The van der Waals surface area contributed by atoms with E-state index in [9.17, 15) is 8.78 Å². The van der Waals surface area contributed by atoms with E-state index in [2.05, 4.69) is 43.0 Å². The second-order valence-electron chi connectivity index (χ2n) is 8.60. The van der Waals surface area contributed by atoms with Crippen LogP contribution in [0.4, 0.5) is 8.78 Å². The summed E-state index contributed by atoms with van der Waals surface area (Å²) in [5.74, 6) is 4.98. The Bertz CT molecular complexity index is 884. The van der Waals surface area contributed by atoms with Gasteiger partial charge in [0, 0.05) is 5.92 Å². The number of unbranched alkanes of at least 4 members (excludes halogenated alkanes) is 2.